The van der Waals surface area contributed by atoms with Gasteiger partial charge in [0.15, 0.2) is 0 Å². The van der Waals surface area contributed by atoms with Gasteiger partial charge in [-0.3, -0.25) is 4.90 Å². The second-order valence-electron chi connectivity index (χ2n) is 4.29. The van der Waals surface area contributed by atoms with Crippen LogP contribution < -0.4 is 0 Å². The molecule has 0 bridgehead atoms. The highest BCUT2D eigenvalue weighted by atomic mass is 16.3. The molecule has 0 saturated heterocycles. The van der Waals surface area contributed by atoms with Gasteiger partial charge in [0.05, 0.1) is 6.61 Å². The Morgan fingerprint density at radius 3 is 2.12 bits per heavy atom. The third-order valence-corrected chi connectivity index (χ3v) is 3.21. The van der Waals surface area contributed by atoms with Crippen molar-refractivity contribution in [1.29, 1.82) is 0 Å². The molecular formula is C14H23NO. The molecule has 2 nitrogen and oxygen atoms in total. The van der Waals surface area contributed by atoms with E-state index in [1.54, 1.807) is 0 Å². The van der Waals surface area contributed by atoms with E-state index in [-0.39, 0.29) is 6.61 Å². The summed E-state index contributed by atoms with van der Waals surface area (Å²) in [6, 6.07) is 8.84. The van der Waals surface area contributed by atoms with Gasteiger partial charge in [-0.15, -0.1) is 0 Å². The molecule has 1 unspecified atom stereocenters. The molecule has 1 aromatic rings. The van der Waals surface area contributed by atoms with E-state index in [9.17, 15) is 0 Å². The number of rotatable bonds is 6. The van der Waals surface area contributed by atoms with Crippen LogP contribution in [-0.2, 0) is 13.2 Å². The standard InChI is InChI=1S/C14H23NO/c1-4-12(3)15(5-2)10-13-6-8-14(11-16)9-7-13/h6-9,12,16H,4-5,10-11H2,1-3H3. The first-order valence-electron chi connectivity index (χ1n) is 6.14. The molecule has 1 N–H and O–H groups in total. The average Bonchev–Trinajstić information content (AvgIpc) is 2.35. The fraction of sp³-hybridized carbons (Fsp3) is 0.571. The molecule has 0 amide bonds. The minimum absolute atomic E-state index is 0.128. The van der Waals surface area contributed by atoms with Crippen molar-refractivity contribution in [2.75, 3.05) is 6.54 Å². The van der Waals surface area contributed by atoms with E-state index in [2.05, 4.69) is 37.8 Å². The van der Waals surface area contributed by atoms with Gasteiger partial charge in [0.1, 0.15) is 0 Å². The van der Waals surface area contributed by atoms with Crippen LogP contribution in [-0.4, -0.2) is 22.6 Å². The topological polar surface area (TPSA) is 23.5 Å². The van der Waals surface area contributed by atoms with Gasteiger partial charge in [-0.2, -0.15) is 0 Å². The Morgan fingerprint density at radius 1 is 1.12 bits per heavy atom. The van der Waals surface area contributed by atoms with Crippen molar-refractivity contribution in [2.45, 2.75) is 46.4 Å². The third kappa shape index (κ3) is 3.62. The predicted octanol–water partition coefficient (Wildman–Crippen LogP) is 2.80. The highest BCUT2D eigenvalue weighted by molar-refractivity contribution is 5.21. The zero-order valence-electron chi connectivity index (χ0n) is 10.6. The number of hydrogen-bond acceptors (Lipinski definition) is 2. The minimum atomic E-state index is 0.128. The van der Waals surface area contributed by atoms with Gasteiger partial charge in [0.25, 0.3) is 0 Å². The van der Waals surface area contributed by atoms with E-state index in [1.165, 1.54) is 12.0 Å². The lowest BCUT2D eigenvalue weighted by molar-refractivity contribution is 0.206. The number of aliphatic hydroxyl groups excluding tert-OH is 1. The molecule has 0 radical (unpaired) electrons. The van der Waals surface area contributed by atoms with Crippen LogP contribution >= 0.6 is 0 Å². The summed E-state index contributed by atoms with van der Waals surface area (Å²) in [4.78, 5) is 2.47. The first-order chi connectivity index (χ1) is 7.71. The van der Waals surface area contributed by atoms with E-state index >= 15 is 0 Å². The maximum atomic E-state index is 8.97. The van der Waals surface area contributed by atoms with Crippen molar-refractivity contribution in [2.24, 2.45) is 0 Å². The molecule has 1 atom stereocenters. The van der Waals surface area contributed by atoms with Crippen LogP contribution in [0.15, 0.2) is 24.3 Å². The minimum Gasteiger partial charge on any atom is -0.392 e. The lowest BCUT2D eigenvalue weighted by Crippen LogP contribution is -2.31. The first-order valence-corrected chi connectivity index (χ1v) is 6.14. The van der Waals surface area contributed by atoms with E-state index in [4.69, 9.17) is 5.11 Å². The molecule has 1 aromatic carbocycles. The van der Waals surface area contributed by atoms with Crippen LogP contribution in [0, 0.1) is 0 Å². The summed E-state index contributed by atoms with van der Waals surface area (Å²) in [5.74, 6) is 0. The van der Waals surface area contributed by atoms with Crippen LogP contribution in [0.1, 0.15) is 38.3 Å². The van der Waals surface area contributed by atoms with Crippen LogP contribution in [0.3, 0.4) is 0 Å². The average molecular weight is 221 g/mol. The Kier molecular flexibility index (Phi) is 5.50. The molecule has 0 aliphatic heterocycles. The summed E-state index contributed by atoms with van der Waals surface area (Å²) in [5, 5.41) is 8.97. The molecule has 2 heteroatoms. The second-order valence-corrected chi connectivity index (χ2v) is 4.29. The normalized spacial score (nSPS) is 13.1. The van der Waals surface area contributed by atoms with Gasteiger partial charge in [0, 0.05) is 12.6 Å². The first kappa shape index (κ1) is 13.2. The molecule has 0 aliphatic rings. The van der Waals surface area contributed by atoms with E-state index in [0.29, 0.717) is 6.04 Å². The van der Waals surface area contributed by atoms with E-state index < -0.39 is 0 Å². The fourth-order valence-corrected chi connectivity index (χ4v) is 1.82. The summed E-state index contributed by atoms with van der Waals surface area (Å²) in [6.45, 7) is 8.90. The Bertz CT molecular complexity index is 294. The lowest BCUT2D eigenvalue weighted by Gasteiger charge is -2.27. The molecule has 16 heavy (non-hydrogen) atoms. The van der Waals surface area contributed by atoms with Crippen LogP contribution in [0.4, 0.5) is 0 Å². The molecule has 0 aliphatic carbocycles. The van der Waals surface area contributed by atoms with Gasteiger partial charge < -0.3 is 5.11 Å². The maximum absolute atomic E-state index is 8.97. The number of hydrogen-bond donors (Lipinski definition) is 1. The molecule has 0 aromatic heterocycles. The molecule has 0 heterocycles. The van der Waals surface area contributed by atoms with Crippen molar-refractivity contribution in [3.05, 3.63) is 35.4 Å². The third-order valence-electron chi connectivity index (χ3n) is 3.21. The summed E-state index contributed by atoms with van der Waals surface area (Å²) in [6.07, 6.45) is 1.18. The van der Waals surface area contributed by atoms with Crippen molar-refractivity contribution in [3.8, 4) is 0 Å². The van der Waals surface area contributed by atoms with Crippen molar-refractivity contribution in [1.82, 2.24) is 4.90 Å². The van der Waals surface area contributed by atoms with Crippen LogP contribution in [0.2, 0.25) is 0 Å². The highest BCUT2D eigenvalue weighted by Crippen LogP contribution is 2.11. The molecular weight excluding hydrogens is 198 g/mol. The maximum Gasteiger partial charge on any atom is 0.0681 e. The number of benzene rings is 1. The molecule has 0 spiro atoms. The number of nitrogens with zero attached hydrogens (tertiary/aromatic N) is 1. The smallest absolute Gasteiger partial charge is 0.0681 e. The molecule has 0 saturated carbocycles. The molecule has 0 fully saturated rings. The van der Waals surface area contributed by atoms with Gasteiger partial charge >= 0.3 is 0 Å². The van der Waals surface area contributed by atoms with Crippen molar-refractivity contribution in [3.63, 3.8) is 0 Å². The fourth-order valence-electron chi connectivity index (χ4n) is 1.82. The van der Waals surface area contributed by atoms with Gasteiger partial charge in [-0.25, -0.2) is 0 Å². The largest absolute Gasteiger partial charge is 0.392 e. The highest BCUT2D eigenvalue weighted by Gasteiger charge is 2.09. The van der Waals surface area contributed by atoms with Crippen LogP contribution in [0.25, 0.3) is 0 Å². The monoisotopic (exact) mass is 221 g/mol. The van der Waals surface area contributed by atoms with Crippen molar-refractivity contribution < 1.29 is 5.11 Å². The zero-order chi connectivity index (χ0) is 12.0. The van der Waals surface area contributed by atoms with Gasteiger partial charge in [-0.1, -0.05) is 38.1 Å². The predicted molar refractivity (Wildman–Crippen MR) is 68.2 cm³/mol. The summed E-state index contributed by atoms with van der Waals surface area (Å²) in [5.41, 5.74) is 2.30. The Morgan fingerprint density at radius 2 is 1.69 bits per heavy atom. The Balaban J connectivity index is 2.63. The van der Waals surface area contributed by atoms with E-state index in [1.807, 2.05) is 12.1 Å². The quantitative estimate of drug-likeness (QED) is 0.798. The van der Waals surface area contributed by atoms with Crippen LogP contribution in [0.5, 0.6) is 0 Å². The van der Waals surface area contributed by atoms with Crippen molar-refractivity contribution >= 4 is 0 Å². The Labute approximate surface area is 98.9 Å². The molecule has 1 rings (SSSR count). The van der Waals surface area contributed by atoms with Gasteiger partial charge in [0.2, 0.25) is 0 Å². The number of aliphatic hydroxyl groups is 1. The SMILES string of the molecule is CCC(C)N(CC)Cc1ccc(CO)cc1. The summed E-state index contributed by atoms with van der Waals surface area (Å²) >= 11 is 0. The zero-order valence-corrected chi connectivity index (χ0v) is 10.6. The summed E-state index contributed by atoms with van der Waals surface area (Å²) in [7, 11) is 0. The molecule has 90 valence electrons. The van der Waals surface area contributed by atoms with E-state index in [0.717, 1.165) is 18.7 Å². The Hall–Kier alpha value is -0.860. The lowest BCUT2D eigenvalue weighted by atomic mass is 10.1. The van der Waals surface area contributed by atoms with Gasteiger partial charge in [-0.05, 0) is 31.0 Å². The second kappa shape index (κ2) is 6.66. The summed E-state index contributed by atoms with van der Waals surface area (Å²) < 4.78 is 0.